The smallest absolute Gasteiger partial charge is 0.331 e. The van der Waals surface area contributed by atoms with Crippen LogP contribution in [-0.2, 0) is 28.5 Å². The van der Waals surface area contributed by atoms with Gasteiger partial charge in [0, 0.05) is 43.8 Å². The van der Waals surface area contributed by atoms with Gasteiger partial charge in [-0.15, -0.1) is 0 Å². The summed E-state index contributed by atoms with van der Waals surface area (Å²) in [6, 6.07) is 0. The number of hydrogen-bond donors (Lipinski definition) is 4. The topological polar surface area (TPSA) is 152 Å². The summed E-state index contributed by atoms with van der Waals surface area (Å²) in [7, 11) is 1.55. The standard InChI is InChI=1S/C30H44O10/c1-16-26(34)22(37-3)11-24(39-16)40-18-4-8-28(15-31)19-5-7-27(2)25(17-10-23(33)38-14-17)21(32)13-30(27,36)20(19)6-9-29(28,35)12-18/h10,15-16,18-22,24-26,32,34-36H,4-9,11-14H2,1-3H3. The average Bonchev–Trinajstić information content (AvgIpc) is 3.41. The lowest BCUT2D eigenvalue weighted by atomic mass is 9.41. The highest BCUT2D eigenvalue weighted by atomic mass is 16.7. The molecule has 0 amide bonds. The third-order valence-corrected chi connectivity index (χ3v) is 12.1. The Kier molecular flexibility index (Phi) is 7.05. The Balaban J connectivity index is 1.23. The molecule has 0 aromatic rings. The summed E-state index contributed by atoms with van der Waals surface area (Å²) in [4.78, 5) is 24.9. The van der Waals surface area contributed by atoms with E-state index in [2.05, 4.69) is 0 Å². The van der Waals surface area contributed by atoms with Crippen LogP contribution in [0.25, 0.3) is 0 Å². The van der Waals surface area contributed by atoms with Crippen molar-refractivity contribution >= 4 is 12.3 Å². The van der Waals surface area contributed by atoms with Crippen LogP contribution in [-0.4, -0.2) is 94.4 Å². The van der Waals surface area contributed by atoms with E-state index in [1.165, 1.54) is 6.08 Å². The predicted molar refractivity (Wildman–Crippen MR) is 140 cm³/mol. The zero-order valence-corrected chi connectivity index (χ0v) is 23.7. The van der Waals surface area contributed by atoms with Gasteiger partial charge < -0.3 is 44.2 Å². The molecule has 0 bridgehead atoms. The summed E-state index contributed by atoms with van der Waals surface area (Å²) in [5.41, 5.74) is -3.49. The van der Waals surface area contributed by atoms with Gasteiger partial charge in [-0.25, -0.2) is 4.79 Å². The van der Waals surface area contributed by atoms with Crippen LogP contribution < -0.4 is 0 Å². The van der Waals surface area contributed by atoms with Crippen molar-refractivity contribution in [1.29, 1.82) is 0 Å². The molecule has 0 aromatic carbocycles. The van der Waals surface area contributed by atoms with E-state index in [4.69, 9.17) is 18.9 Å². The van der Waals surface area contributed by atoms with E-state index in [1.807, 2.05) is 6.92 Å². The van der Waals surface area contributed by atoms with Gasteiger partial charge in [-0.1, -0.05) is 6.92 Å². The van der Waals surface area contributed by atoms with Gasteiger partial charge in [-0.05, 0) is 62.9 Å². The Morgan fingerprint density at radius 1 is 1.07 bits per heavy atom. The Bertz CT molecular complexity index is 1060. The van der Waals surface area contributed by atoms with Crippen molar-refractivity contribution in [3.63, 3.8) is 0 Å². The second-order valence-electron chi connectivity index (χ2n) is 13.7. The van der Waals surface area contributed by atoms with Gasteiger partial charge in [0.1, 0.15) is 19.0 Å². The molecular formula is C30H44O10. The van der Waals surface area contributed by atoms with Gasteiger partial charge in [0.25, 0.3) is 0 Å². The predicted octanol–water partition coefficient (Wildman–Crippen LogP) is 1.40. The molecule has 0 spiro atoms. The first-order valence-electron chi connectivity index (χ1n) is 14.9. The number of ether oxygens (including phenoxy) is 4. The Labute approximate surface area is 235 Å². The van der Waals surface area contributed by atoms with Crippen LogP contribution in [0.15, 0.2) is 11.6 Å². The number of fused-ring (bicyclic) bond motifs is 5. The van der Waals surface area contributed by atoms with Gasteiger partial charge in [0.05, 0.1) is 41.0 Å². The molecule has 224 valence electrons. The maximum atomic E-state index is 13.0. The third-order valence-electron chi connectivity index (χ3n) is 12.1. The molecule has 2 aliphatic heterocycles. The van der Waals surface area contributed by atoms with Crippen molar-refractivity contribution in [1.82, 2.24) is 0 Å². The van der Waals surface area contributed by atoms with Crippen molar-refractivity contribution in [2.45, 2.75) is 120 Å². The van der Waals surface area contributed by atoms with Crippen LogP contribution in [0.2, 0.25) is 0 Å². The summed E-state index contributed by atoms with van der Waals surface area (Å²) in [6.07, 6.45) is 2.99. The molecule has 4 N–H and O–H groups in total. The molecule has 0 aromatic heterocycles. The third kappa shape index (κ3) is 3.93. The van der Waals surface area contributed by atoms with E-state index >= 15 is 0 Å². The SMILES string of the molecule is COC1CC(OC2CCC3(C=O)C4CCC5(C)C(C6=CC(=O)OC6)C(O)CC5(O)C4CCC3(O)C2)OC(C)C1O. The van der Waals surface area contributed by atoms with E-state index in [0.717, 1.165) is 11.9 Å². The Morgan fingerprint density at radius 3 is 2.50 bits per heavy atom. The van der Waals surface area contributed by atoms with Gasteiger partial charge in [0.2, 0.25) is 0 Å². The number of aldehydes is 1. The fourth-order valence-corrected chi connectivity index (χ4v) is 10.1. The van der Waals surface area contributed by atoms with Gasteiger partial charge in [0.15, 0.2) is 6.29 Å². The molecule has 6 aliphatic rings. The molecular weight excluding hydrogens is 520 g/mol. The molecule has 13 atom stereocenters. The number of carbonyl (C=O) groups excluding carboxylic acids is 2. The molecule has 1 saturated heterocycles. The van der Waals surface area contributed by atoms with Crippen LogP contribution in [0, 0.1) is 28.6 Å². The van der Waals surface area contributed by atoms with Gasteiger partial charge >= 0.3 is 5.97 Å². The average molecular weight is 565 g/mol. The summed E-state index contributed by atoms with van der Waals surface area (Å²) >= 11 is 0. The van der Waals surface area contributed by atoms with Crippen LogP contribution in [0.1, 0.15) is 71.6 Å². The van der Waals surface area contributed by atoms with Crippen LogP contribution >= 0.6 is 0 Å². The van der Waals surface area contributed by atoms with Crippen LogP contribution in [0.4, 0.5) is 0 Å². The number of aliphatic hydroxyl groups is 4. The minimum Gasteiger partial charge on any atom is -0.458 e. The van der Waals surface area contributed by atoms with Crippen molar-refractivity contribution in [2.24, 2.45) is 28.6 Å². The molecule has 13 unspecified atom stereocenters. The second-order valence-corrected chi connectivity index (χ2v) is 13.7. The first kappa shape index (κ1) is 28.7. The van der Waals surface area contributed by atoms with Gasteiger partial charge in [-0.3, -0.25) is 0 Å². The highest BCUT2D eigenvalue weighted by molar-refractivity contribution is 5.85. The molecule has 6 rings (SSSR count). The summed E-state index contributed by atoms with van der Waals surface area (Å²) < 4.78 is 22.8. The number of cyclic esters (lactones) is 1. The number of methoxy groups -OCH3 is 1. The molecule has 4 aliphatic carbocycles. The highest BCUT2D eigenvalue weighted by Gasteiger charge is 2.73. The molecule has 10 nitrogen and oxygen atoms in total. The fraction of sp³-hybridized carbons (Fsp3) is 0.867. The lowest BCUT2D eigenvalue weighted by Gasteiger charge is -2.65. The van der Waals surface area contributed by atoms with Crippen LogP contribution in [0.5, 0.6) is 0 Å². The Morgan fingerprint density at radius 2 is 1.82 bits per heavy atom. The number of hydrogen-bond acceptors (Lipinski definition) is 10. The lowest BCUT2D eigenvalue weighted by Crippen LogP contribution is -2.69. The van der Waals surface area contributed by atoms with Crippen molar-refractivity contribution in [2.75, 3.05) is 13.7 Å². The van der Waals surface area contributed by atoms with E-state index < -0.39 is 64.6 Å². The van der Waals surface area contributed by atoms with E-state index in [-0.39, 0.29) is 37.4 Å². The molecule has 5 fully saturated rings. The molecule has 10 heteroatoms. The van der Waals surface area contributed by atoms with Crippen molar-refractivity contribution in [3.05, 3.63) is 11.6 Å². The van der Waals surface area contributed by atoms with Crippen molar-refractivity contribution < 1.29 is 49.0 Å². The molecule has 2 heterocycles. The van der Waals surface area contributed by atoms with E-state index in [0.29, 0.717) is 44.9 Å². The maximum Gasteiger partial charge on any atom is 0.331 e. The fourth-order valence-electron chi connectivity index (χ4n) is 10.1. The zero-order chi connectivity index (χ0) is 28.7. The number of esters is 1. The summed E-state index contributed by atoms with van der Waals surface area (Å²) in [5.74, 6) is -1.31. The number of aliphatic hydroxyl groups excluding tert-OH is 2. The maximum absolute atomic E-state index is 13.0. The first-order valence-corrected chi connectivity index (χ1v) is 14.9. The largest absolute Gasteiger partial charge is 0.458 e. The summed E-state index contributed by atoms with van der Waals surface area (Å²) in [6.45, 7) is 3.91. The first-order chi connectivity index (χ1) is 18.9. The van der Waals surface area contributed by atoms with E-state index in [9.17, 15) is 30.0 Å². The lowest BCUT2D eigenvalue weighted by molar-refractivity contribution is -0.287. The Hall–Kier alpha value is -1.40. The minimum atomic E-state index is -1.28. The van der Waals surface area contributed by atoms with E-state index in [1.54, 1.807) is 14.0 Å². The van der Waals surface area contributed by atoms with Crippen LogP contribution in [0.3, 0.4) is 0 Å². The van der Waals surface area contributed by atoms with Gasteiger partial charge in [-0.2, -0.15) is 0 Å². The zero-order valence-electron chi connectivity index (χ0n) is 23.7. The van der Waals surface area contributed by atoms with Crippen molar-refractivity contribution in [3.8, 4) is 0 Å². The molecule has 40 heavy (non-hydrogen) atoms. The molecule has 0 radical (unpaired) electrons. The highest BCUT2D eigenvalue weighted by Crippen LogP contribution is 2.70. The quantitative estimate of drug-likeness (QED) is 0.219. The summed E-state index contributed by atoms with van der Waals surface area (Å²) in [5, 5.41) is 46.1. The minimum absolute atomic E-state index is 0.132. The number of rotatable bonds is 5. The monoisotopic (exact) mass is 564 g/mol. The second kappa shape index (κ2) is 9.82. The normalized spacial score (nSPS) is 54.1. The molecule has 4 saturated carbocycles. The number of carbonyl (C=O) groups is 2.